The zero-order valence-electron chi connectivity index (χ0n) is 37.0. The van der Waals surface area contributed by atoms with Crippen LogP contribution in [-0.2, 0) is 28.6 Å². The van der Waals surface area contributed by atoms with E-state index in [4.69, 9.17) is 14.2 Å². The molecular weight excluding hydrogens is 673 g/mol. The van der Waals surface area contributed by atoms with Gasteiger partial charge in [0.15, 0.2) is 6.10 Å². The Kier molecular flexibility index (Phi) is 38.5. The van der Waals surface area contributed by atoms with Crippen molar-refractivity contribution in [3.8, 4) is 0 Å². The van der Waals surface area contributed by atoms with E-state index in [0.717, 1.165) is 75.5 Å². The van der Waals surface area contributed by atoms with E-state index in [0.29, 0.717) is 19.3 Å². The van der Waals surface area contributed by atoms with Gasteiger partial charge in [-0.2, -0.15) is 0 Å². The van der Waals surface area contributed by atoms with E-state index >= 15 is 0 Å². The highest BCUT2D eigenvalue weighted by Crippen LogP contribution is 2.17. The minimum Gasteiger partial charge on any atom is -0.462 e. The summed E-state index contributed by atoms with van der Waals surface area (Å²) >= 11 is 0. The van der Waals surface area contributed by atoms with Crippen LogP contribution in [0.1, 0.15) is 253 Å². The van der Waals surface area contributed by atoms with Crippen LogP contribution in [0.25, 0.3) is 0 Å². The molecule has 0 fully saturated rings. The number of unbranched alkanes of at least 4 members (excludes halogenated alkanes) is 24. The van der Waals surface area contributed by atoms with Gasteiger partial charge in [0, 0.05) is 19.3 Å². The minimum atomic E-state index is -0.762. The van der Waals surface area contributed by atoms with E-state index in [2.05, 4.69) is 41.5 Å². The van der Waals surface area contributed by atoms with Crippen molar-refractivity contribution in [1.82, 2.24) is 0 Å². The fourth-order valence-corrected chi connectivity index (χ4v) is 7.06. The van der Waals surface area contributed by atoms with Gasteiger partial charge in [0.05, 0.1) is 0 Å². The van der Waals surface area contributed by atoms with Crippen molar-refractivity contribution >= 4 is 17.9 Å². The maximum absolute atomic E-state index is 12.7. The highest BCUT2D eigenvalue weighted by molar-refractivity contribution is 5.71. The number of carbonyl (C=O) groups is 3. The Morgan fingerprint density at radius 1 is 0.315 bits per heavy atom. The molecular formula is C48H92O6. The van der Waals surface area contributed by atoms with E-state index in [1.54, 1.807) is 0 Å². The van der Waals surface area contributed by atoms with Gasteiger partial charge in [-0.15, -0.1) is 0 Å². The van der Waals surface area contributed by atoms with Crippen molar-refractivity contribution in [1.29, 1.82) is 0 Å². The normalized spacial score (nSPS) is 12.2. The van der Waals surface area contributed by atoms with E-state index in [1.165, 1.54) is 135 Å². The molecule has 0 N–H and O–H groups in total. The summed E-state index contributed by atoms with van der Waals surface area (Å²) < 4.78 is 16.7. The lowest BCUT2D eigenvalue weighted by Gasteiger charge is -2.18. The highest BCUT2D eigenvalue weighted by atomic mass is 16.6. The molecule has 0 saturated heterocycles. The van der Waals surface area contributed by atoms with Gasteiger partial charge in [-0.25, -0.2) is 0 Å². The largest absolute Gasteiger partial charge is 0.462 e. The zero-order valence-corrected chi connectivity index (χ0v) is 37.0. The quantitative estimate of drug-likeness (QED) is 0.0350. The molecule has 0 heterocycles. The standard InChI is InChI=1S/C48H92O6/c1-42(2)34-28-22-16-11-7-9-13-19-25-31-37-46(49)52-40-45(41-53-47(50)38-32-26-21-15-18-24-30-36-44(5)6)54-48(51)39-33-27-20-14-10-8-12-17-23-29-35-43(3)4/h42-45H,7-41H2,1-6H3/t45-/m0/s1. The Bertz CT molecular complexity index is 837. The average molecular weight is 765 g/mol. The summed E-state index contributed by atoms with van der Waals surface area (Å²) in [6.07, 6.45) is 36.7. The van der Waals surface area contributed by atoms with Gasteiger partial charge in [0.25, 0.3) is 0 Å². The third-order valence-electron chi connectivity index (χ3n) is 10.6. The van der Waals surface area contributed by atoms with Crippen LogP contribution in [0.5, 0.6) is 0 Å². The Labute approximate surface area is 336 Å². The SMILES string of the molecule is CC(C)CCCCCCCCCCCCC(=O)OC[C@@H](COC(=O)CCCCCCCCCC(C)C)OC(=O)CCCCCCCCCCCCC(C)C. The van der Waals surface area contributed by atoms with Crippen molar-refractivity contribution in [2.24, 2.45) is 17.8 Å². The van der Waals surface area contributed by atoms with Crippen LogP contribution in [-0.4, -0.2) is 37.2 Å². The topological polar surface area (TPSA) is 78.9 Å². The number of carbonyl (C=O) groups excluding carboxylic acids is 3. The Morgan fingerprint density at radius 2 is 0.537 bits per heavy atom. The first kappa shape index (κ1) is 52.4. The molecule has 0 unspecified atom stereocenters. The fraction of sp³-hybridized carbons (Fsp3) is 0.938. The molecule has 0 spiro atoms. The summed E-state index contributed by atoms with van der Waals surface area (Å²) in [5.74, 6) is 1.55. The maximum Gasteiger partial charge on any atom is 0.306 e. The summed E-state index contributed by atoms with van der Waals surface area (Å²) in [5, 5.41) is 0. The molecule has 54 heavy (non-hydrogen) atoms. The fourth-order valence-electron chi connectivity index (χ4n) is 7.06. The van der Waals surface area contributed by atoms with Crippen LogP contribution in [0.3, 0.4) is 0 Å². The first-order chi connectivity index (χ1) is 26.1. The van der Waals surface area contributed by atoms with Crippen LogP contribution in [0.4, 0.5) is 0 Å². The molecule has 320 valence electrons. The highest BCUT2D eigenvalue weighted by Gasteiger charge is 2.19. The number of esters is 3. The molecule has 0 aliphatic rings. The van der Waals surface area contributed by atoms with Crippen molar-refractivity contribution in [3.05, 3.63) is 0 Å². The van der Waals surface area contributed by atoms with Gasteiger partial charge in [-0.3, -0.25) is 14.4 Å². The van der Waals surface area contributed by atoms with Crippen molar-refractivity contribution in [3.63, 3.8) is 0 Å². The number of hydrogen-bond donors (Lipinski definition) is 0. The maximum atomic E-state index is 12.7. The summed E-state index contributed by atoms with van der Waals surface area (Å²) in [4.78, 5) is 37.7. The van der Waals surface area contributed by atoms with Gasteiger partial charge in [-0.05, 0) is 37.0 Å². The monoisotopic (exact) mass is 765 g/mol. The van der Waals surface area contributed by atoms with E-state index in [9.17, 15) is 14.4 Å². The van der Waals surface area contributed by atoms with Crippen LogP contribution in [0, 0.1) is 17.8 Å². The predicted molar refractivity (Wildman–Crippen MR) is 229 cm³/mol. The molecule has 0 aromatic rings. The first-order valence-corrected chi connectivity index (χ1v) is 23.6. The number of ether oxygens (including phenoxy) is 3. The molecule has 0 saturated carbocycles. The van der Waals surface area contributed by atoms with Gasteiger partial charge in [0.2, 0.25) is 0 Å². The van der Waals surface area contributed by atoms with Gasteiger partial charge in [-0.1, -0.05) is 215 Å². The average Bonchev–Trinajstić information content (AvgIpc) is 3.12. The summed E-state index contributed by atoms with van der Waals surface area (Å²) in [7, 11) is 0. The third-order valence-corrected chi connectivity index (χ3v) is 10.6. The summed E-state index contributed by atoms with van der Waals surface area (Å²) in [6, 6.07) is 0. The third kappa shape index (κ3) is 41.6. The molecule has 0 aliphatic heterocycles. The van der Waals surface area contributed by atoms with Crippen LogP contribution >= 0.6 is 0 Å². The van der Waals surface area contributed by atoms with Gasteiger partial charge >= 0.3 is 17.9 Å². The molecule has 6 nitrogen and oxygen atoms in total. The summed E-state index contributed by atoms with van der Waals surface area (Å²) in [5.41, 5.74) is 0. The first-order valence-electron chi connectivity index (χ1n) is 23.6. The summed E-state index contributed by atoms with van der Waals surface area (Å²) in [6.45, 7) is 13.6. The molecule has 0 radical (unpaired) electrons. The Hall–Kier alpha value is -1.59. The molecule has 6 heteroatoms. The van der Waals surface area contributed by atoms with Crippen molar-refractivity contribution in [2.75, 3.05) is 13.2 Å². The lowest BCUT2D eigenvalue weighted by molar-refractivity contribution is -0.167. The predicted octanol–water partition coefficient (Wildman–Crippen LogP) is 14.8. The molecule has 0 rings (SSSR count). The Balaban J connectivity index is 4.34. The van der Waals surface area contributed by atoms with Gasteiger partial charge < -0.3 is 14.2 Å². The van der Waals surface area contributed by atoms with Gasteiger partial charge in [0.1, 0.15) is 13.2 Å². The second-order valence-electron chi connectivity index (χ2n) is 17.8. The van der Waals surface area contributed by atoms with Crippen molar-refractivity contribution in [2.45, 2.75) is 260 Å². The van der Waals surface area contributed by atoms with E-state index < -0.39 is 6.10 Å². The lowest BCUT2D eigenvalue weighted by Crippen LogP contribution is -2.30. The van der Waals surface area contributed by atoms with E-state index in [1.807, 2.05) is 0 Å². The van der Waals surface area contributed by atoms with Crippen LogP contribution in [0.15, 0.2) is 0 Å². The second kappa shape index (κ2) is 39.6. The van der Waals surface area contributed by atoms with Crippen LogP contribution < -0.4 is 0 Å². The van der Waals surface area contributed by atoms with Crippen LogP contribution in [0.2, 0.25) is 0 Å². The molecule has 0 aliphatic carbocycles. The second-order valence-corrected chi connectivity index (χ2v) is 17.8. The number of rotatable bonds is 41. The van der Waals surface area contributed by atoms with Crippen molar-refractivity contribution < 1.29 is 28.6 Å². The lowest BCUT2D eigenvalue weighted by atomic mass is 10.0. The molecule has 0 amide bonds. The molecule has 0 aromatic heterocycles. The minimum absolute atomic E-state index is 0.0662. The smallest absolute Gasteiger partial charge is 0.306 e. The Morgan fingerprint density at radius 3 is 0.796 bits per heavy atom. The molecule has 0 aromatic carbocycles. The zero-order chi connectivity index (χ0) is 39.9. The molecule has 1 atom stereocenters. The van der Waals surface area contributed by atoms with E-state index in [-0.39, 0.29) is 31.1 Å². The number of hydrogen-bond acceptors (Lipinski definition) is 6. The molecule has 0 bridgehead atoms.